The van der Waals surface area contributed by atoms with E-state index in [1.165, 1.54) is 11.1 Å². The van der Waals surface area contributed by atoms with E-state index in [-0.39, 0.29) is 45.4 Å². The van der Waals surface area contributed by atoms with Crippen LogP contribution in [0.25, 0.3) is 0 Å². The van der Waals surface area contributed by atoms with E-state index < -0.39 is 6.10 Å². The minimum Gasteiger partial charge on any atom is -0.392 e. The highest BCUT2D eigenvalue weighted by Gasteiger charge is 2.69. The fourth-order valence-electron chi connectivity index (χ4n) is 10.1. The van der Waals surface area contributed by atoms with E-state index in [1.54, 1.807) is 0 Å². The lowest BCUT2D eigenvalue weighted by atomic mass is 9.36. The highest BCUT2D eigenvalue weighted by molar-refractivity contribution is 5.85. The molecular weight excluding hydrogens is 424 g/mol. The van der Waals surface area contributed by atoms with Gasteiger partial charge in [-0.15, -0.1) is 0 Å². The maximum atomic E-state index is 12.9. The number of allylic oxidation sites excluding steroid dienone is 1. The summed E-state index contributed by atoms with van der Waals surface area (Å²) in [6.45, 7) is 18.0. The Hall–Kier alpha value is -0.710. The minimum absolute atomic E-state index is 0.00216. The summed E-state index contributed by atoms with van der Waals surface area (Å²) in [6.07, 6.45) is 6.59. The molecule has 0 aromatic carbocycles. The van der Waals surface area contributed by atoms with Gasteiger partial charge in [-0.3, -0.25) is 4.79 Å². The third-order valence-corrected chi connectivity index (χ3v) is 12.2. The van der Waals surface area contributed by atoms with Crippen LogP contribution in [0.15, 0.2) is 11.1 Å². The standard InChI is InChI=1S/C30H48O4/c1-17(15-21(32)25-27(4,5)34-25)18-9-13-29(7)19(18)16-20(31)24-28(6)12-11-23(33)26(2,3)22(28)10-14-30(24,29)8/h17,20-22,24-25,31-32H,9-16H2,1-8H3/t17-,20+,21+,22?,24?,25-,28+,29+,30+/m1/s1. The number of fused-ring (bicyclic) bond motifs is 5. The lowest BCUT2D eigenvalue weighted by Crippen LogP contribution is -2.65. The smallest absolute Gasteiger partial charge is 0.138 e. The molecule has 4 fully saturated rings. The number of rotatable bonds is 4. The topological polar surface area (TPSA) is 70.1 Å². The summed E-state index contributed by atoms with van der Waals surface area (Å²) >= 11 is 0. The van der Waals surface area contributed by atoms with Crippen molar-refractivity contribution in [3.05, 3.63) is 11.1 Å². The predicted molar refractivity (Wildman–Crippen MR) is 134 cm³/mol. The minimum atomic E-state index is -0.432. The van der Waals surface area contributed by atoms with E-state index in [9.17, 15) is 15.0 Å². The quantitative estimate of drug-likeness (QED) is 0.398. The second-order valence-electron chi connectivity index (χ2n) is 14.6. The Morgan fingerprint density at radius 2 is 1.68 bits per heavy atom. The Balaban J connectivity index is 1.47. The molecule has 9 atom stereocenters. The zero-order valence-electron chi connectivity index (χ0n) is 22.8. The SMILES string of the molecule is C[C@H](C[C@H](O)[C@H]1OC1(C)C)C1=C2C[C@H](O)C3[C@@]4(C)CCC(=O)C(C)(C)C4CC[C@]3(C)[C@@]2(C)CC1. The lowest BCUT2D eigenvalue weighted by Gasteiger charge is -2.69. The van der Waals surface area contributed by atoms with Crippen LogP contribution in [0.3, 0.4) is 0 Å². The van der Waals surface area contributed by atoms with Crippen molar-refractivity contribution >= 4 is 5.78 Å². The highest BCUT2D eigenvalue weighted by Crippen LogP contribution is 2.74. The second kappa shape index (κ2) is 7.42. The summed E-state index contributed by atoms with van der Waals surface area (Å²) in [5, 5.41) is 22.6. The molecule has 192 valence electrons. The number of carbonyl (C=O) groups is 1. The zero-order chi connectivity index (χ0) is 25.1. The summed E-state index contributed by atoms with van der Waals surface area (Å²) in [7, 11) is 0. The van der Waals surface area contributed by atoms with E-state index in [0.717, 1.165) is 44.9 Å². The summed E-state index contributed by atoms with van der Waals surface area (Å²) in [6, 6.07) is 0. The summed E-state index contributed by atoms with van der Waals surface area (Å²) in [4.78, 5) is 12.9. The van der Waals surface area contributed by atoms with Crippen molar-refractivity contribution in [2.75, 3.05) is 0 Å². The van der Waals surface area contributed by atoms with Gasteiger partial charge in [0.15, 0.2) is 0 Å². The number of Topliss-reactive ketones (excluding diaryl/α,β-unsaturated/α-hetero) is 1. The molecule has 1 heterocycles. The molecule has 0 aromatic rings. The van der Waals surface area contributed by atoms with E-state index in [4.69, 9.17) is 4.74 Å². The Kier molecular flexibility index (Phi) is 5.44. The highest BCUT2D eigenvalue weighted by atomic mass is 16.6. The number of hydrogen-bond acceptors (Lipinski definition) is 4. The molecule has 1 aliphatic heterocycles. The van der Waals surface area contributed by atoms with Gasteiger partial charge in [-0.1, -0.05) is 52.7 Å². The average molecular weight is 473 g/mol. The molecule has 0 spiro atoms. The molecule has 4 heteroatoms. The average Bonchev–Trinajstić information content (AvgIpc) is 3.23. The third-order valence-electron chi connectivity index (χ3n) is 12.2. The molecular formula is C30H48O4. The lowest BCUT2D eigenvalue weighted by molar-refractivity contribution is -0.208. The first-order valence-electron chi connectivity index (χ1n) is 13.9. The van der Waals surface area contributed by atoms with Crippen molar-refractivity contribution in [3.63, 3.8) is 0 Å². The number of aliphatic hydroxyl groups excluding tert-OH is 2. The summed E-state index contributed by atoms with van der Waals surface area (Å²) < 4.78 is 5.72. The van der Waals surface area contributed by atoms with Crippen molar-refractivity contribution in [1.29, 1.82) is 0 Å². The van der Waals surface area contributed by atoms with Gasteiger partial charge in [0.25, 0.3) is 0 Å². The van der Waals surface area contributed by atoms with Gasteiger partial charge < -0.3 is 14.9 Å². The Labute approximate surface area is 206 Å². The van der Waals surface area contributed by atoms with Crippen LogP contribution in [0.4, 0.5) is 0 Å². The summed E-state index contributed by atoms with van der Waals surface area (Å²) in [5.74, 6) is 1.28. The molecule has 5 rings (SSSR count). The van der Waals surface area contributed by atoms with Crippen molar-refractivity contribution in [2.45, 2.75) is 131 Å². The molecule has 0 aromatic heterocycles. The molecule has 0 bridgehead atoms. The second-order valence-corrected chi connectivity index (χ2v) is 14.6. The first-order chi connectivity index (χ1) is 15.6. The number of hydrogen-bond donors (Lipinski definition) is 2. The molecule has 4 aliphatic carbocycles. The Bertz CT molecular complexity index is 917. The molecule has 0 amide bonds. The molecule has 3 saturated carbocycles. The van der Waals surface area contributed by atoms with E-state index in [0.29, 0.717) is 24.0 Å². The number of aliphatic hydroxyl groups is 2. The van der Waals surface area contributed by atoms with E-state index >= 15 is 0 Å². The molecule has 5 aliphatic rings. The van der Waals surface area contributed by atoms with Gasteiger partial charge >= 0.3 is 0 Å². The number of epoxide rings is 1. The van der Waals surface area contributed by atoms with Gasteiger partial charge in [0.05, 0.1) is 17.8 Å². The fraction of sp³-hybridized carbons (Fsp3) is 0.900. The fourth-order valence-corrected chi connectivity index (χ4v) is 10.1. The van der Waals surface area contributed by atoms with Gasteiger partial charge in [0.1, 0.15) is 11.9 Å². The van der Waals surface area contributed by atoms with E-state index in [1.807, 2.05) is 0 Å². The molecule has 34 heavy (non-hydrogen) atoms. The van der Waals surface area contributed by atoms with Gasteiger partial charge in [-0.2, -0.15) is 0 Å². The van der Waals surface area contributed by atoms with Gasteiger partial charge in [0, 0.05) is 11.8 Å². The van der Waals surface area contributed by atoms with Crippen LogP contribution in [0, 0.1) is 39.4 Å². The maximum absolute atomic E-state index is 12.9. The largest absolute Gasteiger partial charge is 0.392 e. The summed E-state index contributed by atoms with van der Waals surface area (Å²) in [5.41, 5.74) is 2.59. The van der Waals surface area contributed by atoms with Crippen molar-refractivity contribution in [2.24, 2.45) is 39.4 Å². The number of ketones is 1. The monoisotopic (exact) mass is 472 g/mol. The molecule has 1 saturated heterocycles. The first-order valence-corrected chi connectivity index (χ1v) is 13.9. The zero-order valence-corrected chi connectivity index (χ0v) is 22.8. The predicted octanol–water partition coefficient (Wildman–Crippen LogP) is 5.84. The van der Waals surface area contributed by atoms with Crippen LogP contribution in [-0.2, 0) is 9.53 Å². The molecule has 4 nitrogen and oxygen atoms in total. The molecule has 2 N–H and O–H groups in total. The number of carbonyl (C=O) groups excluding carboxylic acids is 1. The van der Waals surface area contributed by atoms with Crippen LogP contribution in [0.5, 0.6) is 0 Å². The third kappa shape index (κ3) is 3.16. The Morgan fingerprint density at radius 3 is 2.29 bits per heavy atom. The van der Waals surface area contributed by atoms with Crippen LogP contribution >= 0.6 is 0 Å². The van der Waals surface area contributed by atoms with Crippen LogP contribution < -0.4 is 0 Å². The van der Waals surface area contributed by atoms with Gasteiger partial charge in [-0.25, -0.2) is 0 Å². The number of ether oxygens (including phenoxy) is 1. The Morgan fingerprint density at radius 1 is 1.03 bits per heavy atom. The van der Waals surface area contributed by atoms with Crippen molar-refractivity contribution in [3.8, 4) is 0 Å². The van der Waals surface area contributed by atoms with Crippen molar-refractivity contribution in [1.82, 2.24) is 0 Å². The van der Waals surface area contributed by atoms with Crippen molar-refractivity contribution < 1.29 is 19.7 Å². The molecule has 2 unspecified atom stereocenters. The van der Waals surface area contributed by atoms with Gasteiger partial charge in [-0.05, 0) is 92.8 Å². The van der Waals surface area contributed by atoms with E-state index in [2.05, 4.69) is 55.4 Å². The maximum Gasteiger partial charge on any atom is 0.138 e. The van der Waals surface area contributed by atoms with Crippen LogP contribution in [0.2, 0.25) is 0 Å². The normalized spacial score (nSPS) is 48.6. The van der Waals surface area contributed by atoms with Gasteiger partial charge in [0.2, 0.25) is 0 Å². The van der Waals surface area contributed by atoms with Crippen LogP contribution in [0.1, 0.15) is 107 Å². The first kappa shape index (κ1) is 25.0. The molecule has 0 radical (unpaired) electrons. The van der Waals surface area contributed by atoms with Crippen LogP contribution in [-0.4, -0.2) is 39.9 Å².